The molecule has 0 spiro atoms. The van der Waals surface area contributed by atoms with E-state index in [0.29, 0.717) is 5.69 Å². The van der Waals surface area contributed by atoms with Crippen LogP contribution in [0.1, 0.15) is 40.6 Å². The Morgan fingerprint density at radius 1 is 1.19 bits per heavy atom. The maximum atomic E-state index is 13.4. The number of hydrogen-bond donors (Lipinski definition) is 0. The van der Waals surface area contributed by atoms with Crippen LogP contribution in [-0.2, 0) is 13.5 Å². The fourth-order valence-corrected chi connectivity index (χ4v) is 4.28. The molecule has 1 saturated heterocycles. The number of rotatable bonds is 2. The van der Waals surface area contributed by atoms with E-state index in [9.17, 15) is 4.79 Å². The van der Waals surface area contributed by atoms with E-state index in [1.54, 1.807) is 11.0 Å². The molecule has 130 valence electrons. The van der Waals surface area contributed by atoms with Crippen molar-refractivity contribution in [3.63, 3.8) is 0 Å². The third-order valence-corrected chi connectivity index (χ3v) is 5.52. The van der Waals surface area contributed by atoms with Crippen molar-refractivity contribution < 1.29 is 4.79 Å². The number of hydrogen-bond acceptors (Lipinski definition) is 4. The van der Waals surface area contributed by atoms with Crippen LogP contribution in [0, 0.1) is 0 Å². The first-order valence-electron chi connectivity index (χ1n) is 8.93. The van der Waals surface area contributed by atoms with Gasteiger partial charge in [0.15, 0.2) is 0 Å². The SMILES string of the molecule is Cn1nc(-c2ccccc2)cc1C(=O)N1[C@H]2CC[C@H]1c1cncnc1C2. The lowest BCUT2D eigenvalue weighted by Crippen LogP contribution is -2.42. The molecule has 1 fully saturated rings. The number of fused-ring (bicyclic) bond motifs is 4. The average Bonchev–Trinajstić information content (AvgIpc) is 3.21. The van der Waals surface area contributed by atoms with Crippen molar-refractivity contribution in [1.82, 2.24) is 24.6 Å². The van der Waals surface area contributed by atoms with Crippen LogP contribution < -0.4 is 0 Å². The summed E-state index contributed by atoms with van der Waals surface area (Å²) in [6.45, 7) is 0. The molecule has 6 nitrogen and oxygen atoms in total. The van der Waals surface area contributed by atoms with Crippen molar-refractivity contribution in [3.05, 3.63) is 65.9 Å². The Kier molecular flexibility index (Phi) is 3.38. The van der Waals surface area contributed by atoms with Crippen molar-refractivity contribution in [2.24, 2.45) is 7.05 Å². The van der Waals surface area contributed by atoms with Gasteiger partial charge in [0.25, 0.3) is 5.91 Å². The molecular formula is C20H19N5O. The number of aryl methyl sites for hydroxylation is 1. The Labute approximate surface area is 151 Å². The lowest BCUT2D eigenvalue weighted by Gasteiger charge is -2.35. The normalized spacial score (nSPS) is 20.9. The molecule has 2 aliphatic rings. The molecule has 0 radical (unpaired) electrons. The second-order valence-electron chi connectivity index (χ2n) is 6.99. The Morgan fingerprint density at radius 2 is 2.04 bits per heavy atom. The van der Waals surface area contributed by atoms with Crippen LogP contribution in [0.2, 0.25) is 0 Å². The predicted molar refractivity (Wildman–Crippen MR) is 96.3 cm³/mol. The summed E-state index contributed by atoms with van der Waals surface area (Å²) in [6, 6.07) is 12.1. The molecule has 2 atom stereocenters. The zero-order valence-corrected chi connectivity index (χ0v) is 14.5. The molecule has 26 heavy (non-hydrogen) atoms. The maximum Gasteiger partial charge on any atom is 0.272 e. The number of carbonyl (C=O) groups excluding carboxylic acids is 1. The largest absolute Gasteiger partial charge is 0.327 e. The minimum atomic E-state index is 0.0455. The molecule has 3 aromatic rings. The van der Waals surface area contributed by atoms with Gasteiger partial charge in [0.1, 0.15) is 12.0 Å². The van der Waals surface area contributed by atoms with Gasteiger partial charge in [-0.25, -0.2) is 9.97 Å². The van der Waals surface area contributed by atoms with E-state index in [1.807, 2.05) is 54.5 Å². The molecule has 2 bridgehead atoms. The molecular weight excluding hydrogens is 326 g/mol. The summed E-state index contributed by atoms with van der Waals surface area (Å²) in [7, 11) is 1.84. The van der Waals surface area contributed by atoms with Crippen molar-refractivity contribution in [2.75, 3.05) is 0 Å². The zero-order chi connectivity index (χ0) is 17.7. The molecule has 0 saturated carbocycles. The highest BCUT2D eigenvalue weighted by Gasteiger charge is 2.44. The molecule has 4 heterocycles. The number of nitrogens with zero attached hydrogens (tertiary/aromatic N) is 5. The van der Waals surface area contributed by atoms with Gasteiger partial charge in [0.2, 0.25) is 0 Å². The maximum absolute atomic E-state index is 13.4. The van der Waals surface area contributed by atoms with Crippen LogP contribution in [-0.4, -0.2) is 36.6 Å². The van der Waals surface area contributed by atoms with Gasteiger partial charge >= 0.3 is 0 Å². The smallest absolute Gasteiger partial charge is 0.272 e. The lowest BCUT2D eigenvalue weighted by atomic mass is 9.99. The minimum absolute atomic E-state index is 0.0455. The fraction of sp³-hybridized carbons (Fsp3) is 0.300. The first-order chi connectivity index (χ1) is 12.7. The van der Waals surface area contributed by atoms with E-state index >= 15 is 0 Å². The second kappa shape index (κ2) is 5.76. The molecule has 0 aliphatic carbocycles. The Bertz CT molecular complexity index is 981. The first-order valence-corrected chi connectivity index (χ1v) is 8.93. The predicted octanol–water partition coefficient (Wildman–Crippen LogP) is 2.78. The first kappa shape index (κ1) is 15.3. The zero-order valence-electron chi connectivity index (χ0n) is 14.5. The van der Waals surface area contributed by atoms with Crippen LogP contribution in [0.5, 0.6) is 0 Å². The molecule has 5 rings (SSSR count). The van der Waals surface area contributed by atoms with E-state index in [0.717, 1.165) is 41.8 Å². The number of benzene rings is 1. The summed E-state index contributed by atoms with van der Waals surface area (Å²) in [5.74, 6) is 0.0455. The average molecular weight is 345 g/mol. The highest BCUT2D eigenvalue weighted by atomic mass is 16.2. The molecule has 6 heteroatoms. The fourth-order valence-electron chi connectivity index (χ4n) is 4.28. The Morgan fingerprint density at radius 3 is 2.88 bits per heavy atom. The third-order valence-electron chi connectivity index (χ3n) is 5.52. The van der Waals surface area contributed by atoms with E-state index in [4.69, 9.17) is 0 Å². The molecule has 0 N–H and O–H groups in total. The summed E-state index contributed by atoms with van der Waals surface area (Å²) in [5.41, 5.74) is 4.65. The van der Waals surface area contributed by atoms with Crippen LogP contribution in [0.3, 0.4) is 0 Å². The number of amides is 1. The Hall–Kier alpha value is -3.02. The van der Waals surface area contributed by atoms with Gasteiger partial charge in [0, 0.05) is 36.8 Å². The summed E-state index contributed by atoms with van der Waals surface area (Å²) in [6.07, 6.45) is 6.26. The summed E-state index contributed by atoms with van der Waals surface area (Å²) >= 11 is 0. The molecule has 1 amide bonds. The Balaban J connectivity index is 1.51. The molecule has 2 aromatic heterocycles. The number of aromatic nitrogens is 4. The van der Waals surface area contributed by atoms with Crippen LogP contribution >= 0.6 is 0 Å². The van der Waals surface area contributed by atoms with Gasteiger partial charge in [-0.2, -0.15) is 5.10 Å². The summed E-state index contributed by atoms with van der Waals surface area (Å²) in [5, 5.41) is 4.56. The van der Waals surface area contributed by atoms with E-state index in [-0.39, 0.29) is 18.0 Å². The van der Waals surface area contributed by atoms with Crippen molar-refractivity contribution in [2.45, 2.75) is 31.3 Å². The van der Waals surface area contributed by atoms with Crippen molar-refractivity contribution in [1.29, 1.82) is 0 Å². The van der Waals surface area contributed by atoms with Gasteiger partial charge in [-0.1, -0.05) is 30.3 Å². The number of carbonyl (C=O) groups is 1. The van der Waals surface area contributed by atoms with Crippen molar-refractivity contribution in [3.8, 4) is 11.3 Å². The topological polar surface area (TPSA) is 63.9 Å². The monoisotopic (exact) mass is 345 g/mol. The van der Waals surface area contributed by atoms with E-state index in [1.165, 1.54) is 0 Å². The molecule has 1 aromatic carbocycles. The van der Waals surface area contributed by atoms with Crippen LogP contribution in [0.15, 0.2) is 48.9 Å². The second-order valence-corrected chi connectivity index (χ2v) is 6.99. The standard InChI is InChI=1S/C20H19N5O/c1-24-19(10-16(23-24)13-5-3-2-4-6-13)20(26)25-14-7-8-18(25)15-11-21-12-22-17(15)9-14/h2-6,10-12,14,18H,7-9H2,1H3/t14-,18-/m0/s1. The summed E-state index contributed by atoms with van der Waals surface area (Å²) < 4.78 is 1.70. The summed E-state index contributed by atoms with van der Waals surface area (Å²) in [4.78, 5) is 24.0. The van der Waals surface area contributed by atoms with Gasteiger partial charge < -0.3 is 4.90 Å². The lowest BCUT2D eigenvalue weighted by molar-refractivity contribution is 0.0632. The van der Waals surface area contributed by atoms with Gasteiger partial charge in [0.05, 0.1) is 17.4 Å². The minimum Gasteiger partial charge on any atom is -0.327 e. The molecule has 0 unspecified atom stereocenters. The van der Waals surface area contributed by atoms with Crippen LogP contribution in [0.4, 0.5) is 0 Å². The highest BCUT2D eigenvalue weighted by molar-refractivity contribution is 5.94. The third kappa shape index (κ3) is 2.25. The highest BCUT2D eigenvalue weighted by Crippen LogP contribution is 2.43. The van der Waals surface area contributed by atoms with E-state index < -0.39 is 0 Å². The van der Waals surface area contributed by atoms with E-state index in [2.05, 4.69) is 15.1 Å². The van der Waals surface area contributed by atoms with Gasteiger partial charge in [-0.05, 0) is 18.9 Å². The van der Waals surface area contributed by atoms with Gasteiger partial charge in [-0.15, -0.1) is 0 Å². The van der Waals surface area contributed by atoms with Gasteiger partial charge in [-0.3, -0.25) is 9.48 Å². The van der Waals surface area contributed by atoms with Crippen LogP contribution in [0.25, 0.3) is 11.3 Å². The molecule has 2 aliphatic heterocycles. The van der Waals surface area contributed by atoms with Crippen molar-refractivity contribution >= 4 is 5.91 Å². The quantitative estimate of drug-likeness (QED) is 0.716.